The van der Waals surface area contributed by atoms with Crippen LogP contribution in [0.1, 0.15) is 32.8 Å². The first kappa shape index (κ1) is 17.9. The van der Waals surface area contributed by atoms with Crippen molar-refractivity contribution >= 4 is 10.0 Å². The molecule has 0 saturated heterocycles. The Morgan fingerprint density at radius 1 is 1.33 bits per heavy atom. The van der Waals surface area contributed by atoms with E-state index in [-0.39, 0.29) is 6.04 Å². The molecule has 1 aromatic rings. The van der Waals surface area contributed by atoms with Gasteiger partial charge in [-0.1, -0.05) is 6.92 Å². The van der Waals surface area contributed by atoms with Crippen LogP contribution in [0.3, 0.4) is 0 Å². The van der Waals surface area contributed by atoms with Crippen LogP contribution in [0.25, 0.3) is 0 Å². The molecule has 0 radical (unpaired) electrons. The molecular weight excluding hydrogens is 288 g/mol. The molecular formula is C15H26N2O3S. The van der Waals surface area contributed by atoms with Crippen molar-refractivity contribution in [2.75, 3.05) is 20.7 Å². The largest absolute Gasteiger partial charge is 0.496 e. The lowest BCUT2D eigenvalue weighted by Crippen LogP contribution is -2.33. The zero-order chi connectivity index (χ0) is 16.0. The van der Waals surface area contributed by atoms with Gasteiger partial charge in [0, 0.05) is 25.2 Å². The van der Waals surface area contributed by atoms with Crippen LogP contribution in [0.2, 0.25) is 0 Å². The number of hydrogen-bond donors (Lipinski definition) is 1. The maximum Gasteiger partial charge on any atom is 0.243 e. The molecule has 6 heteroatoms. The summed E-state index contributed by atoms with van der Waals surface area (Å²) in [7, 11) is -0.280. The van der Waals surface area contributed by atoms with Crippen LogP contribution in [-0.2, 0) is 16.6 Å². The van der Waals surface area contributed by atoms with E-state index in [0.29, 0.717) is 17.2 Å². The smallest absolute Gasteiger partial charge is 0.243 e. The molecule has 0 atom stereocenters. The van der Waals surface area contributed by atoms with Gasteiger partial charge in [-0.25, -0.2) is 8.42 Å². The predicted octanol–water partition coefficient (Wildman–Crippen LogP) is 2.22. The second-order valence-corrected chi connectivity index (χ2v) is 7.26. The fourth-order valence-corrected chi connectivity index (χ4v) is 3.32. The summed E-state index contributed by atoms with van der Waals surface area (Å²) >= 11 is 0. The molecule has 1 rings (SSSR count). The summed E-state index contributed by atoms with van der Waals surface area (Å²) in [5, 5.41) is 3.27. The summed E-state index contributed by atoms with van der Waals surface area (Å²) in [4.78, 5) is 0.299. The van der Waals surface area contributed by atoms with Crippen molar-refractivity contribution < 1.29 is 13.2 Å². The second kappa shape index (κ2) is 7.77. The van der Waals surface area contributed by atoms with Crippen LogP contribution in [0.5, 0.6) is 5.75 Å². The molecule has 0 bridgehead atoms. The Balaban J connectivity index is 3.12. The lowest BCUT2D eigenvalue weighted by atomic mass is 10.2. The van der Waals surface area contributed by atoms with Crippen LogP contribution in [0, 0.1) is 0 Å². The topological polar surface area (TPSA) is 58.6 Å². The van der Waals surface area contributed by atoms with E-state index in [1.165, 1.54) is 4.31 Å². The summed E-state index contributed by atoms with van der Waals surface area (Å²) in [6.45, 7) is 7.26. The van der Waals surface area contributed by atoms with Crippen LogP contribution < -0.4 is 10.1 Å². The van der Waals surface area contributed by atoms with Gasteiger partial charge in [0.2, 0.25) is 10.0 Å². The van der Waals surface area contributed by atoms with Crippen molar-refractivity contribution in [3.05, 3.63) is 23.8 Å². The number of ether oxygens (including phenoxy) is 1. The third kappa shape index (κ3) is 4.43. The zero-order valence-corrected chi connectivity index (χ0v) is 14.3. The molecule has 0 aliphatic rings. The van der Waals surface area contributed by atoms with Gasteiger partial charge >= 0.3 is 0 Å². The Bertz CT molecular complexity index is 556. The standard InChI is InChI=1S/C15H26N2O3S/c1-6-9-16-11-13-10-14(7-8-15(13)20-5)21(18,19)17(4)12(2)3/h7-8,10,12,16H,6,9,11H2,1-5H3. The minimum atomic E-state index is -3.47. The van der Waals surface area contributed by atoms with E-state index < -0.39 is 10.0 Å². The van der Waals surface area contributed by atoms with Gasteiger partial charge in [-0.15, -0.1) is 0 Å². The number of hydrogen-bond acceptors (Lipinski definition) is 4. The predicted molar refractivity (Wildman–Crippen MR) is 85.1 cm³/mol. The first-order valence-electron chi connectivity index (χ1n) is 7.20. The van der Waals surface area contributed by atoms with E-state index in [2.05, 4.69) is 12.2 Å². The average molecular weight is 314 g/mol. The van der Waals surface area contributed by atoms with Gasteiger partial charge < -0.3 is 10.1 Å². The molecule has 21 heavy (non-hydrogen) atoms. The third-order valence-electron chi connectivity index (χ3n) is 3.40. The molecule has 0 aromatic heterocycles. The van der Waals surface area contributed by atoms with E-state index in [4.69, 9.17) is 4.74 Å². The van der Waals surface area contributed by atoms with Crippen molar-refractivity contribution in [1.82, 2.24) is 9.62 Å². The lowest BCUT2D eigenvalue weighted by molar-refractivity contribution is 0.404. The van der Waals surface area contributed by atoms with Gasteiger partial charge in [0.15, 0.2) is 0 Å². The Morgan fingerprint density at radius 2 is 2.00 bits per heavy atom. The summed E-state index contributed by atoms with van der Waals surface area (Å²) in [5.41, 5.74) is 0.851. The number of methoxy groups -OCH3 is 1. The van der Waals surface area contributed by atoms with Gasteiger partial charge in [0.25, 0.3) is 0 Å². The molecule has 120 valence electrons. The van der Waals surface area contributed by atoms with E-state index >= 15 is 0 Å². The molecule has 0 saturated carbocycles. The lowest BCUT2D eigenvalue weighted by Gasteiger charge is -2.21. The first-order valence-corrected chi connectivity index (χ1v) is 8.64. The molecule has 0 fully saturated rings. The minimum Gasteiger partial charge on any atom is -0.496 e. The highest BCUT2D eigenvalue weighted by molar-refractivity contribution is 7.89. The third-order valence-corrected chi connectivity index (χ3v) is 5.43. The van der Waals surface area contributed by atoms with Crippen molar-refractivity contribution in [3.63, 3.8) is 0 Å². The summed E-state index contributed by atoms with van der Waals surface area (Å²) in [6.07, 6.45) is 1.02. The Labute approximate surface area is 128 Å². The molecule has 0 aliphatic carbocycles. The molecule has 0 unspecified atom stereocenters. The Morgan fingerprint density at radius 3 is 2.52 bits per heavy atom. The van der Waals surface area contributed by atoms with Gasteiger partial charge in [0.1, 0.15) is 5.75 Å². The number of nitrogens with zero attached hydrogens (tertiary/aromatic N) is 1. The highest BCUT2D eigenvalue weighted by atomic mass is 32.2. The Kier molecular flexibility index (Phi) is 6.64. The van der Waals surface area contributed by atoms with E-state index in [9.17, 15) is 8.42 Å². The molecule has 0 amide bonds. The van der Waals surface area contributed by atoms with Crippen molar-refractivity contribution in [3.8, 4) is 5.75 Å². The van der Waals surface area contributed by atoms with Crippen molar-refractivity contribution in [1.29, 1.82) is 0 Å². The number of sulfonamides is 1. The van der Waals surface area contributed by atoms with Gasteiger partial charge in [-0.3, -0.25) is 0 Å². The van der Waals surface area contributed by atoms with Gasteiger partial charge in [-0.05, 0) is 45.0 Å². The fraction of sp³-hybridized carbons (Fsp3) is 0.600. The normalized spacial score (nSPS) is 12.1. The van der Waals surface area contributed by atoms with Gasteiger partial charge in [0.05, 0.1) is 12.0 Å². The number of benzene rings is 1. The van der Waals surface area contributed by atoms with E-state index in [1.54, 1.807) is 32.4 Å². The first-order chi connectivity index (χ1) is 9.84. The highest BCUT2D eigenvalue weighted by Gasteiger charge is 2.24. The monoisotopic (exact) mass is 314 g/mol. The van der Waals surface area contributed by atoms with Crippen LogP contribution in [0.4, 0.5) is 0 Å². The minimum absolute atomic E-state index is 0.0845. The fourth-order valence-electron chi connectivity index (χ4n) is 1.90. The zero-order valence-electron chi connectivity index (χ0n) is 13.5. The van der Waals surface area contributed by atoms with Crippen molar-refractivity contribution in [2.45, 2.75) is 44.7 Å². The molecule has 0 spiro atoms. The highest BCUT2D eigenvalue weighted by Crippen LogP contribution is 2.24. The number of rotatable bonds is 8. The molecule has 1 aromatic carbocycles. The summed E-state index contributed by atoms with van der Waals surface area (Å²) in [6, 6.07) is 4.91. The van der Waals surface area contributed by atoms with Crippen LogP contribution >= 0.6 is 0 Å². The van der Waals surface area contributed by atoms with Crippen molar-refractivity contribution in [2.24, 2.45) is 0 Å². The molecule has 5 nitrogen and oxygen atoms in total. The number of nitrogens with one attached hydrogen (secondary N) is 1. The quantitative estimate of drug-likeness (QED) is 0.748. The van der Waals surface area contributed by atoms with E-state index in [1.807, 2.05) is 13.8 Å². The van der Waals surface area contributed by atoms with Crippen LogP contribution in [0.15, 0.2) is 23.1 Å². The van der Waals surface area contributed by atoms with Gasteiger partial charge in [-0.2, -0.15) is 4.31 Å². The maximum absolute atomic E-state index is 12.5. The SMILES string of the molecule is CCCNCc1cc(S(=O)(=O)N(C)C(C)C)ccc1OC. The maximum atomic E-state index is 12.5. The van der Waals surface area contributed by atoms with E-state index in [0.717, 1.165) is 18.5 Å². The molecule has 0 heterocycles. The van der Waals surface area contributed by atoms with Crippen LogP contribution in [-0.4, -0.2) is 39.5 Å². The summed E-state index contributed by atoms with van der Waals surface area (Å²) < 4.78 is 31.7. The average Bonchev–Trinajstić information content (AvgIpc) is 2.46. The molecule has 0 aliphatic heterocycles. The molecule has 1 N–H and O–H groups in total. The Hall–Kier alpha value is -1.11. The second-order valence-electron chi connectivity index (χ2n) is 5.27. The summed E-state index contributed by atoms with van der Waals surface area (Å²) in [5.74, 6) is 0.699.